The van der Waals surface area contributed by atoms with Gasteiger partial charge in [-0.25, -0.2) is 0 Å². The van der Waals surface area contributed by atoms with Crippen LogP contribution < -0.4 is 5.32 Å². The fourth-order valence-corrected chi connectivity index (χ4v) is 5.58. The molecule has 2 aliphatic rings. The number of piperidine rings is 1. The van der Waals surface area contributed by atoms with Gasteiger partial charge < -0.3 is 5.32 Å². The van der Waals surface area contributed by atoms with Gasteiger partial charge in [0.1, 0.15) is 0 Å². The number of thioether (sulfide) groups is 1. The van der Waals surface area contributed by atoms with Gasteiger partial charge in [-0.15, -0.1) is 0 Å². The highest BCUT2D eigenvalue weighted by Crippen LogP contribution is 2.22. The SMILES string of the molecule is CNCC1CCCN(S(=O)(=O)N2CCCSCC2)C1. The maximum atomic E-state index is 12.7. The lowest BCUT2D eigenvalue weighted by molar-refractivity contribution is 0.246. The summed E-state index contributed by atoms with van der Waals surface area (Å²) in [6.07, 6.45) is 3.08. The van der Waals surface area contributed by atoms with Crippen LogP contribution in [0.25, 0.3) is 0 Å². The van der Waals surface area contributed by atoms with Crippen molar-refractivity contribution in [1.29, 1.82) is 0 Å². The van der Waals surface area contributed by atoms with Crippen LogP contribution in [0.4, 0.5) is 0 Å². The topological polar surface area (TPSA) is 52.7 Å². The van der Waals surface area contributed by atoms with Crippen molar-refractivity contribution in [2.24, 2.45) is 5.92 Å². The highest BCUT2D eigenvalue weighted by molar-refractivity contribution is 7.99. The van der Waals surface area contributed by atoms with E-state index in [2.05, 4.69) is 5.32 Å². The molecule has 0 aromatic carbocycles. The molecule has 1 atom stereocenters. The van der Waals surface area contributed by atoms with Crippen molar-refractivity contribution in [3.63, 3.8) is 0 Å². The Bertz CT molecular complexity index is 365. The van der Waals surface area contributed by atoms with E-state index >= 15 is 0 Å². The third kappa shape index (κ3) is 4.07. The van der Waals surface area contributed by atoms with Crippen molar-refractivity contribution in [3.8, 4) is 0 Å². The molecule has 7 heteroatoms. The molecule has 2 aliphatic heterocycles. The van der Waals surface area contributed by atoms with Crippen LogP contribution in [0.5, 0.6) is 0 Å². The molecule has 0 amide bonds. The molecule has 0 aromatic heterocycles. The van der Waals surface area contributed by atoms with E-state index in [-0.39, 0.29) is 0 Å². The molecular weight excluding hydrogens is 282 g/mol. The van der Waals surface area contributed by atoms with E-state index < -0.39 is 10.2 Å². The Morgan fingerprint density at radius 1 is 1.16 bits per heavy atom. The van der Waals surface area contributed by atoms with Crippen LogP contribution in [0, 0.1) is 5.92 Å². The summed E-state index contributed by atoms with van der Waals surface area (Å²) in [4.78, 5) is 0. The third-order valence-electron chi connectivity index (χ3n) is 3.81. The van der Waals surface area contributed by atoms with Gasteiger partial charge >= 0.3 is 0 Å². The Balaban J connectivity index is 2.01. The minimum absolute atomic E-state index is 0.454. The predicted molar refractivity (Wildman–Crippen MR) is 80.7 cm³/mol. The lowest BCUT2D eigenvalue weighted by Gasteiger charge is -2.35. The van der Waals surface area contributed by atoms with Crippen molar-refractivity contribution >= 4 is 22.0 Å². The van der Waals surface area contributed by atoms with Crippen LogP contribution in [0.3, 0.4) is 0 Å². The van der Waals surface area contributed by atoms with Crippen molar-refractivity contribution in [2.45, 2.75) is 19.3 Å². The van der Waals surface area contributed by atoms with Gasteiger partial charge in [0.2, 0.25) is 0 Å². The van der Waals surface area contributed by atoms with Crippen molar-refractivity contribution in [3.05, 3.63) is 0 Å². The maximum absolute atomic E-state index is 12.7. The summed E-state index contributed by atoms with van der Waals surface area (Å²) in [5.74, 6) is 2.45. The van der Waals surface area contributed by atoms with Gasteiger partial charge in [0.25, 0.3) is 10.2 Å². The average molecular weight is 307 g/mol. The second-order valence-electron chi connectivity index (χ2n) is 5.30. The van der Waals surface area contributed by atoms with Gasteiger partial charge in [-0.3, -0.25) is 0 Å². The zero-order chi connectivity index (χ0) is 13.7. The molecule has 0 bridgehead atoms. The van der Waals surface area contributed by atoms with Crippen molar-refractivity contribution in [1.82, 2.24) is 13.9 Å². The zero-order valence-electron chi connectivity index (χ0n) is 11.7. The van der Waals surface area contributed by atoms with E-state index in [1.54, 1.807) is 8.61 Å². The van der Waals surface area contributed by atoms with Crippen LogP contribution in [-0.2, 0) is 10.2 Å². The summed E-state index contributed by atoms with van der Waals surface area (Å²) in [6.45, 7) is 3.61. The lowest BCUT2D eigenvalue weighted by Crippen LogP contribution is -2.49. The first-order valence-corrected chi connectivity index (χ1v) is 9.67. The van der Waals surface area contributed by atoms with Crippen LogP contribution >= 0.6 is 11.8 Å². The number of rotatable bonds is 4. The Kier molecular flexibility index (Phi) is 5.95. The largest absolute Gasteiger partial charge is 0.319 e. The Morgan fingerprint density at radius 2 is 1.95 bits per heavy atom. The molecule has 5 nitrogen and oxygen atoms in total. The Labute approximate surface area is 121 Å². The van der Waals surface area contributed by atoms with Crippen LogP contribution in [0.2, 0.25) is 0 Å². The fraction of sp³-hybridized carbons (Fsp3) is 1.00. The van der Waals surface area contributed by atoms with Gasteiger partial charge in [-0.1, -0.05) is 0 Å². The molecule has 0 saturated carbocycles. The van der Waals surface area contributed by atoms with E-state index in [1.807, 2.05) is 18.8 Å². The minimum Gasteiger partial charge on any atom is -0.319 e. The maximum Gasteiger partial charge on any atom is 0.282 e. The molecule has 0 spiro atoms. The van der Waals surface area contributed by atoms with E-state index in [0.717, 1.165) is 37.3 Å². The van der Waals surface area contributed by atoms with Gasteiger partial charge in [0.15, 0.2) is 0 Å². The first kappa shape index (κ1) is 15.6. The molecule has 1 unspecified atom stereocenters. The highest BCUT2D eigenvalue weighted by Gasteiger charge is 2.33. The van der Waals surface area contributed by atoms with E-state index in [0.29, 0.717) is 32.1 Å². The molecule has 2 heterocycles. The van der Waals surface area contributed by atoms with E-state index in [1.165, 1.54) is 0 Å². The molecule has 1 N–H and O–H groups in total. The molecule has 2 saturated heterocycles. The molecule has 0 aliphatic carbocycles. The summed E-state index contributed by atoms with van der Waals surface area (Å²) in [5, 5.41) is 3.16. The summed E-state index contributed by atoms with van der Waals surface area (Å²) in [7, 11) is -1.30. The Morgan fingerprint density at radius 3 is 2.74 bits per heavy atom. The molecule has 0 aromatic rings. The van der Waals surface area contributed by atoms with E-state index in [4.69, 9.17) is 0 Å². The summed E-state index contributed by atoms with van der Waals surface area (Å²) in [6, 6.07) is 0. The van der Waals surface area contributed by atoms with Crippen LogP contribution in [0.15, 0.2) is 0 Å². The van der Waals surface area contributed by atoms with Crippen LogP contribution in [-0.4, -0.2) is 68.3 Å². The summed E-state index contributed by atoms with van der Waals surface area (Å²) >= 11 is 1.86. The normalized spacial score (nSPS) is 28.2. The monoisotopic (exact) mass is 307 g/mol. The summed E-state index contributed by atoms with van der Waals surface area (Å²) < 4.78 is 28.7. The summed E-state index contributed by atoms with van der Waals surface area (Å²) in [5.41, 5.74) is 0. The Hall–Kier alpha value is 0.180. The fourth-order valence-electron chi connectivity index (χ4n) is 2.81. The number of nitrogens with one attached hydrogen (secondary N) is 1. The zero-order valence-corrected chi connectivity index (χ0v) is 13.3. The molecular formula is C12H25N3O2S2. The van der Waals surface area contributed by atoms with Gasteiger partial charge in [0.05, 0.1) is 0 Å². The van der Waals surface area contributed by atoms with Crippen molar-refractivity contribution in [2.75, 3.05) is 51.3 Å². The minimum atomic E-state index is -3.23. The smallest absolute Gasteiger partial charge is 0.282 e. The van der Waals surface area contributed by atoms with Gasteiger partial charge in [-0.05, 0) is 44.5 Å². The average Bonchev–Trinajstić information content (AvgIpc) is 2.69. The predicted octanol–water partition coefficient (Wildman–Crippen LogP) is 0.602. The molecule has 19 heavy (non-hydrogen) atoms. The first-order valence-electron chi connectivity index (χ1n) is 7.12. The third-order valence-corrected chi connectivity index (χ3v) is 6.86. The number of hydrogen-bond donors (Lipinski definition) is 1. The van der Waals surface area contributed by atoms with Gasteiger partial charge in [-0.2, -0.15) is 28.8 Å². The molecule has 112 valence electrons. The van der Waals surface area contributed by atoms with E-state index in [9.17, 15) is 8.42 Å². The van der Waals surface area contributed by atoms with Gasteiger partial charge in [0, 0.05) is 31.9 Å². The number of hydrogen-bond acceptors (Lipinski definition) is 4. The molecule has 2 rings (SSSR count). The number of nitrogens with zero attached hydrogens (tertiary/aromatic N) is 2. The quantitative estimate of drug-likeness (QED) is 0.826. The molecule has 0 radical (unpaired) electrons. The molecule has 2 fully saturated rings. The van der Waals surface area contributed by atoms with Crippen LogP contribution in [0.1, 0.15) is 19.3 Å². The standard InChI is InChI=1S/C12H25N3O2S2/c1-13-10-12-4-2-5-15(11-12)19(16,17)14-6-3-8-18-9-7-14/h12-13H,2-11H2,1H3. The highest BCUT2D eigenvalue weighted by atomic mass is 32.2. The first-order chi connectivity index (χ1) is 9.14. The second kappa shape index (κ2) is 7.26. The second-order valence-corrected chi connectivity index (χ2v) is 8.45. The lowest BCUT2D eigenvalue weighted by atomic mass is 10.00. The van der Waals surface area contributed by atoms with Crippen molar-refractivity contribution < 1.29 is 8.42 Å².